The normalized spacial score (nSPS) is 22.5. The molecule has 1 N–H and O–H groups in total. The van der Waals surface area contributed by atoms with Gasteiger partial charge in [0.1, 0.15) is 0 Å². The Hall–Kier alpha value is -0.770. The summed E-state index contributed by atoms with van der Waals surface area (Å²) in [4.78, 5) is 12.8. The second-order valence-electron chi connectivity index (χ2n) is 3.86. The molecule has 13 heavy (non-hydrogen) atoms. The lowest BCUT2D eigenvalue weighted by Crippen LogP contribution is -2.31. The van der Waals surface area contributed by atoms with Crippen LogP contribution in [0.4, 0.5) is 4.79 Å². The number of ether oxygens (including phenoxy) is 1. The zero-order valence-corrected chi connectivity index (χ0v) is 8.19. The SMILES string of the molecule is CC(C)COC(=O)N1CC[C@@H](O)C1. The minimum absolute atomic E-state index is 0.301. The van der Waals surface area contributed by atoms with E-state index in [0.29, 0.717) is 32.0 Å². The third kappa shape index (κ3) is 3.22. The summed E-state index contributed by atoms with van der Waals surface area (Å²) in [6.07, 6.45) is -0.00611. The molecule has 4 heteroatoms. The van der Waals surface area contributed by atoms with Crippen LogP contribution in [0.2, 0.25) is 0 Å². The van der Waals surface area contributed by atoms with Crippen LogP contribution in [0.3, 0.4) is 0 Å². The Labute approximate surface area is 78.5 Å². The number of rotatable bonds is 2. The van der Waals surface area contributed by atoms with E-state index in [4.69, 9.17) is 4.74 Å². The number of β-amino-alcohol motifs (C(OH)–C–C–N with tert-alkyl or cyclic N) is 1. The molecule has 0 aromatic carbocycles. The van der Waals surface area contributed by atoms with Gasteiger partial charge in [-0.25, -0.2) is 4.79 Å². The summed E-state index contributed by atoms with van der Waals surface area (Å²) in [6.45, 7) is 5.46. The number of amides is 1. The number of hydrogen-bond donors (Lipinski definition) is 1. The molecule has 1 amide bonds. The molecule has 4 nitrogen and oxygen atoms in total. The number of nitrogens with zero attached hydrogens (tertiary/aromatic N) is 1. The second kappa shape index (κ2) is 4.46. The summed E-state index contributed by atoms with van der Waals surface area (Å²) in [5.74, 6) is 0.358. The van der Waals surface area contributed by atoms with Crippen molar-refractivity contribution in [1.82, 2.24) is 4.90 Å². The number of carbonyl (C=O) groups is 1. The Balaban J connectivity index is 2.24. The van der Waals surface area contributed by atoms with Gasteiger partial charge >= 0.3 is 6.09 Å². The van der Waals surface area contributed by atoms with E-state index in [9.17, 15) is 9.90 Å². The van der Waals surface area contributed by atoms with E-state index < -0.39 is 0 Å². The van der Waals surface area contributed by atoms with Gasteiger partial charge in [-0.15, -0.1) is 0 Å². The molecule has 0 aliphatic carbocycles. The maximum absolute atomic E-state index is 11.3. The van der Waals surface area contributed by atoms with Crippen molar-refractivity contribution in [2.45, 2.75) is 26.4 Å². The van der Waals surface area contributed by atoms with E-state index in [1.807, 2.05) is 13.8 Å². The molecule has 1 aliphatic heterocycles. The van der Waals surface area contributed by atoms with Gasteiger partial charge in [-0.1, -0.05) is 13.8 Å². The monoisotopic (exact) mass is 187 g/mol. The zero-order chi connectivity index (χ0) is 9.84. The van der Waals surface area contributed by atoms with Gasteiger partial charge < -0.3 is 14.7 Å². The third-order valence-electron chi connectivity index (χ3n) is 1.96. The first-order valence-electron chi connectivity index (χ1n) is 4.69. The Kier molecular flexibility index (Phi) is 3.54. The van der Waals surface area contributed by atoms with Crippen molar-refractivity contribution in [3.05, 3.63) is 0 Å². The quantitative estimate of drug-likeness (QED) is 0.697. The lowest BCUT2D eigenvalue weighted by atomic mass is 10.2. The minimum Gasteiger partial charge on any atom is -0.449 e. The fraction of sp³-hybridized carbons (Fsp3) is 0.889. The molecule has 0 aromatic rings. The minimum atomic E-state index is -0.369. The Bertz CT molecular complexity index is 182. The lowest BCUT2D eigenvalue weighted by molar-refractivity contribution is 0.0932. The first-order valence-corrected chi connectivity index (χ1v) is 4.69. The number of hydrogen-bond acceptors (Lipinski definition) is 3. The van der Waals surface area contributed by atoms with Gasteiger partial charge in [0.05, 0.1) is 12.7 Å². The first-order chi connectivity index (χ1) is 6.09. The third-order valence-corrected chi connectivity index (χ3v) is 1.96. The van der Waals surface area contributed by atoms with Gasteiger partial charge in [0, 0.05) is 13.1 Å². The van der Waals surface area contributed by atoms with Crippen LogP contribution in [0.5, 0.6) is 0 Å². The van der Waals surface area contributed by atoms with E-state index in [2.05, 4.69) is 0 Å². The summed E-state index contributed by atoms with van der Waals surface area (Å²) >= 11 is 0. The predicted octanol–water partition coefficient (Wildman–Crippen LogP) is 0.846. The van der Waals surface area contributed by atoms with E-state index in [-0.39, 0.29) is 12.2 Å². The summed E-state index contributed by atoms with van der Waals surface area (Å²) in [5, 5.41) is 9.18. The van der Waals surface area contributed by atoms with Crippen LogP contribution in [0, 0.1) is 5.92 Å². The van der Waals surface area contributed by atoms with Crippen molar-refractivity contribution in [2.75, 3.05) is 19.7 Å². The van der Waals surface area contributed by atoms with Crippen LogP contribution in [-0.2, 0) is 4.74 Å². The molecule has 0 aromatic heterocycles. The molecule has 1 fully saturated rings. The molecule has 1 atom stereocenters. The molecule has 0 spiro atoms. The maximum atomic E-state index is 11.3. The predicted molar refractivity (Wildman–Crippen MR) is 48.4 cm³/mol. The van der Waals surface area contributed by atoms with Crippen LogP contribution in [-0.4, -0.2) is 41.9 Å². The summed E-state index contributed by atoms with van der Waals surface area (Å²) in [5.41, 5.74) is 0. The first kappa shape index (κ1) is 10.3. The van der Waals surface area contributed by atoms with E-state index in [1.165, 1.54) is 0 Å². The molecule has 1 saturated heterocycles. The van der Waals surface area contributed by atoms with Crippen molar-refractivity contribution >= 4 is 6.09 Å². The molecule has 0 bridgehead atoms. The van der Waals surface area contributed by atoms with E-state index in [1.54, 1.807) is 4.90 Å². The second-order valence-corrected chi connectivity index (χ2v) is 3.86. The fourth-order valence-electron chi connectivity index (χ4n) is 1.24. The molecular formula is C9H17NO3. The molecule has 0 unspecified atom stereocenters. The number of aliphatic hydroxyl groups is 1. The number of carbonyl (C=O) groups excluding carboxylic acids is 1. The summed E-state index contributed by atoms with van der Waals surface area (Å²) < 4.78 is 5.01. The van der Waals surface area contributed by atoms with Gasteiger partial charge in [0.25, 0.3) is 0 Å². The molecule has 0 saturated carbocycles. The zero-order valence-electron chi connectivity index (χ0n) is 8.19. The molecule has 76 valence electrons. The molecule has 1 rings (SSSR count). The van der Waals surface area contributed by atoms with Gasteiger partial charge in [0.15, 0.2) is 0 Å². The van der Waals surface area contributed by atoms with Gasteiger partial charge in [0.2, 0.25) is 0 Å². The molecule has 0 radical (unpaired) electrons. The van der Waals surface area contributed by atoms with Crippen molar-refractivity contribution in [1.29, 1.82) is 0 Å². The van der Waals surface area contributed by atoms with Crippen LogP contribution < -0.4 is 0 Å². The van der Waals surface area contributed by atoms with E-state index >= 15 is 0 Å². The highest BCUT2D eigenvalue weighted by molar-refractivity contribution is 5.68. The van der Waals surface area contributed by atoms with Crippen LogP contribution in [0.1, 0.15) is 20.3 Å². The smallest absolute Gasteiger partial charge is 0.409 e. The van der Waals surface area contributed by atoms with Crippen LogP contribution >= 0.6 is 0 Å². The summed E-state index contributed by atoms with van der Waals surface area (Å²) in [7, 11) is 0. The molecule has 1 aliphatic rings. The van der Waals surface area contributed by atoms with Gasteiger partial charge in [-0.05, 0) is 12.3 Å². The Morgan fingerprint density at radius 2 is 2.38 bits per heavy atom. The number of likely N-dealkylation sites (tertiary alicyclic amines) is 1. The highest BCUT2D eigenvalue weighted by Gasteiger charge is 2.25. The van der Waals surface area contributed by atoms with Gasteiger partial charge in [-0.2, -0.15) is 0 Å². The number of aliphatic hydroxyl groups excluding tert-OH is 1. The van der Waals surface area contributed by atoms with Crippen molar-refractivity contribution in [3.8, 4) is 0 Å². The highest BCUT2D eigenvalue weighted by atomic mass is 16.6. The average molecular weight is 187 g/mol. The van der Waals surface area contributed by atoms with E-state index in [0.717, 1.165) is 0 Å². The molecular weight excluding hydrogens is 170 g/mol. The standard InChI is InChI=1S/C9H17NO3/c1-7(2)6-13-9(12)10-4-3-8(11)5-10/h7-8,11H,3-6H2,1-2H3/t8-/m1/s1. The van der Waals surface area contributed by atoms with Gasteiger partial charge in [-0.3, -0.25) is 0 Å². The van der Waals surface area contributed by atoms with Crippen molar-refractivity contribution in [3.63, 3.8) is 0 Å². The highest BCUT2D eigenvalue weighted by Crippen LogP contribution is 2.10. The summed E-state index contributed by atoms with van der Waals surface area (Å²) in [6, 6.07) is 0. The van der Waals surface area contributed by atoms with Crippen LogP contribution in [0.15, 0.2) is 0 Å². The fourth-order valence-corrected chi connectivity index (χ4v) is 1.24. The average Bonchev–Trinajstić information content (AvgIpc) is 2.47. The topological polar surface area (TPSA) is 49.8 Å². The van der Waals surface area contributed by atoms with Crippen molar-refractivity contribution < 1.29 is 14.6 Å². The lowest BCUT2D eigenvalue weighted by Gasteiger charge is -2.16. The van der Waals surface area contributed by atoms with Crippen LogP contribution in [0.25, 0.3) is 0 Å². The van der Waals surface area contributed by atoms with Crippen molar-refractivity contribution in [2.24, 2.45) is 5.92 Å². The Morgan fingerprint density at radius 1 is 1.69 bits per heavy atom. The Morgan fingerprint density at radius 3 is 2.85 bits per heavy atom. The maximum Gasteiger partial charge on any atom is 0.409 e. The molecule has 1 heterocycles. The largest absolute Gasteiger partial charge is 0.449 e.